The first-order valence-electron chi connectivity index (χ1n) is 10.2. The van der Waals surface area contributed by atoms with Gasteiger partial charge in [0.2, 0.25) is 0 Å². The number of hydrogen-bond donors (Lipinski definition) is 0. The molecule has 1 fully saturated rings. The van der Waals surface area contributed by atoms with Crippen molar-refractivity contribution in [2.24, 2.45) is 0 Å². The Kier molecular flexibility index (Phi) is 4.99. The first kappa shape index (κ1) is 19.4. The molecule has 0 atom stereocenters. The zero-order valence-corrected chi connectivity index (χ0v) is 17.5. The number of hydrogen-bond acceptors (Lipinski definition) is 6. The lowest BCUT2D eigenvalue weighted by Gasteiger charge is -2.33. The van der Waals surface area contributed by atoms with Crippen LogP contribution in [0.3, 0.4) is 0 Å². The van der Waals surface area contributed by atoms with E-state index in [4.69, 9.17) is 4.74 Å². The number of methoxy groups -OCH3 is 1. The summed E-state index contributed by atoms with van der Waals surface area (Å²) in [5, 5.41) is 5.34. The summed E-state index contributed by atoms with van der Waals surface area (Å²) in [6.07, 6.45) is 5.32. The molecular weight excluding hydrogens is 395 g/mol. The molecule has 4 heterocycles. The fourth-order valence-corrected chi connectivity index (χ4v) is 3.92. The number of fused-ring (bicyclic) bond motifs is 1. The van der Waals surface area contributed by atoms with Crippen molar-refractivity contribution < 1.29 is 9.13 Å². The number of halogens is 1. The van der Waals surface area contributed by atoms with Crippen LogP contribution in [0.5, 0.6) is 5.75 Å². The van der Waals surface area contributed by atoms with Gasteiger partial charge in [-0.05, 0) is 37.4 Å². The molecule has 0 N–H and O–H groups in total. The number of aromatic nitrogens is 4. The lowest BCUT2D eigenvalue weighted by molar-refractivity contribution is 0.313. The van der Waals surface area contributed by atoms with Gasteiger partial charge in [-0.25, -0.2) is 14.1 Å². The number of anilines is 1. The minimum Gasteiger partial charge on any atom is -0.496 e. The standard InChI is InChI=1S/C23H23FN6O/c1-28-8-10-29(11-9-28)17-6-7-22(26-15-17)30-20-12-19(25-13-16(20)14-27-30)23-18(24)4-3-5-21(23)31-2/h3-7,12-15H,8-11H2,1-2H3. The van der Waals surface area contributed by atoms with Crippen molar-refractivity contribution in [3.05, 3.63) is 60.8 Å². The van der Waals surface area contributed by atoms with Gasteiger partial charge in [-0.1, -0.05) is 6.07 Å². The van der Waals surface area contributed by atoms with Gasteiger partial charge in [-0.3, -0.25) is 4.98 Å². The SMILES string of the molecule is COc1cccc(F)c1-c1cc2c(cn1)cnn2-c1ccc(N2CCN(C)CC2)cn1. The number of pyridine rings is 2. The molecule has 1 saturated heterocycles. The molecule has 0 amide bonds. The monoisotopic (exact) mass is 418 g/mol. The third-order valence-electron chi connectivity index (χ3n) is 5.72. The van der Waals surface area contributed by atoms with Gasteiger partial charge in [-0.2, -0.15) is 5.10 Å². The van der Waals surface area contributed by atoms with Gasteiger partial charge in [0.25, 0.3) is 0 Å². The summed E-state index contributed by atoms with van der Waals surface area (Å²) < 4.78 is 21.7. The summed E-state index contributed by atoms with van der Waals surface area (Å²) in [6.45, 7) is 4.06. The first-order chi connectivity index (χ1) is 15.1. The highest BCUT2D eigenvalue weighted by atomic mass is 19.1. The molecule has 4 aromatic rings. The minimum absolute atomic E-state index is 0.332. The van der Waals surface area contributed by atoms with E-state index in [2.05, 4.69) is 38.0 Å². The molecule has 3 aromatic heterocycles. The molecule has 0 saturated carbocycles. The van der Waals surface area contributed by atoms with E-state index in [9.17, 15) is 4.39 Å². The van der Waals surface area contributed by atoms with E-state index in [0.717, 1.165) is 42.8 Å². The topological polar surface area (TPSA) is 59.3 Å². The van der Waals surface area contributed by atoms with Gasteiger partial charge >= 0.3 is 0 Å². The Morgan fingerprint density at radius 3 is 2.55 bits per heavy atom. The molecule has 1 aromatic carbocycles. The van der Waals surface area contributed by atoms with Crippen LogP contribution in [0, 0.1) is 5.82 Å². The summed E-state index contributed by atoms with van der Waals surface area (Å²) in [7, 11) is 3.66. The quantitative estimate of drug-likeness (QED) is 0.506. The molecule has 7 nitrogen and oxygen atoms in total. The number of rotatable bonds is 4. The van der Waals surface area contributed by atoms with Gasteiger partial charge in [-0.15, -0.1) is 0 Å². The highest BCUT2D eigenvalue weighted by Crippen LogP contribution is 2.33. The van der Waals surface area contributed by atoms with Gasteiger partial charge in [0.1, 0.15) is 11.6 Å². The van der Waals surface area contributed by atoms with Crippen LogP contribution in [0.25, 0.3) is 28.0 Å². The van der Waals surface area contributed by atoms with E-state index in [0.29, 0.717) is 22.8 Å². The molecule has 1 aliphatic rings. The van der Waals surface area contributed by atoms with Crippen LogP contribution in [0.2, 0.25) is 0 Å². The maximum atomic E-state index is 14.6. The molecule has 0 unspecified atom stereocenters. The van der Waals surface area contributed by atoms with Crippen LogP contribution in [-0.2, 0) is 0 Å². The third kappa shape index (κ3) is 3.59. The van der Waals surface area contributed by atoms with E-state index in [1.165, 1.54) is 13.2 Å². The lowest BCUT2D eigenvalue weighted by atomic mass is 10.1. The number of likely N-dealkylation sites (N-methyl/N-ethyl adjacent to an activating group) is 1. The number of ether oxygens (including phenoxy) is 1. The Labute approximate surface area is 179 Å². The molecular formula is C23H23FN6O. The van der Waals surface area contributed by atoms with Gasteiger partial charge < -0.3 is 14.5 Å². The van der Waals surface area contributed by atoms with Crippen LogP contribution in [0.4, 0.5) is 10.1 Å². The second-order valence-electron chi connectivity index (χ2n) is 7.67. The van der Waals surface area contributed by atoms with Crippen molar-refractivity contribution >= 4 is 16.6 Å². The first-order valence-corrected chi connectivity index (χ1v) is 10.2. The second kappa shape index (κ2) is 7.96. The Morgan fingerprint density at radius 2 is 1.81 bits per heavy atom. The van der Waals surface area contributed by atoms with Crippen LogP contribution in [0.15, 0.2) is 55.0 Å². The van der Waals surface area contributed by atoms with E-state index in [-0.39, 0.29) is 5.82 Å². The summed E-state index contributed by atoms with van der Waals surface area (Å²) in [4.78, 5) is 13.7. The Balaban J connectivity index is 1.51. The summed E-state index contributed by atoms with van der Waals surface area (Å²) in [5.41, 5.74) is 2.72. The molecule has 0 aliphatic carbocycles. The maximum absolute atomic E-state index is 14.6. The Bertz CT molecular complexity index is 1210. The average molecular weight is 418 g/mol. The van der Waals surface area contributed by atoms with Crippen LogP contribution >= 0.6 is 0 Å². The molecule has 8 heteroatoms. The van der Waals surface area contributed by atoms with Crippen LogP contribution < -0.4 is 9.64 Å². The van der Waals surface area contributed by atoms with Crippen molar-refractivity contribution in [1.29, 1.82) is 0 Å². The number of nitrogens with zero attached hydrogens (tertiary/aromatic N) is 6. The van der Waals surface area contributed by atoms with Crippen molar-refractivity contribution in [1.82, 2.24) is 24.6 Å². The van der Waals surface area contributed by atoms with Crippen molar-refractivity contribution in [2.45, 2.75) is 0 Å². The largest absolute Gasteiger partial charge is 0.496 e. The van der Waals surface area contributed by atoms with Crippen molar-refractivity contribution in [2.75, 3.05) is 45.2 Å². The summed E-state index contributed by atoms with van der Waals surface area (Å²) >= 11 is 0. The van der Waals surface area contributed by atoms with Crippen molar-refractivity contribution in [3.8, 4) is 22.8 Å². The smallest absolute Gasteiger partial charge is 0.154 e. The molecule has 1 aliphatic heterocycles. The Hall–Kier alpha value is -3.52. The predicted molar refractivity (Wildman–Crippen MR) is 118 cm³/mol. The van der Waals surface area contributed by atoms with Gasteiger partial charge in [0, 0.05) is 37.8 Å². The summed E-state index contributed by atoms with van der Waals surface area (Å²) in [5.74, 6) is 0.755. The highest BCUT2D eigenvalue weighted by Gasteiger charge is 2.17. The number of piperazine rings is 1. The average Bonchev–Trinajstić information content (AvgIpc) is 3.23. The Morgan fingerprint density at radius 1 is 0.968 bits per heavy atom. The maximum Gasteiger partial charge on any atom is 0.154 e. The lowest BCUT2D eigenvalue weighted by Crippen LogP contribution is -2.44. The number of benzene rings is 1. The normalized spacial score (nSPS) is 14.9. The molecule has 0 radical (unpaired) electrons. The second-order valence-corrected chi connectivity index (χ2v) is 7.67. The third-order valence-corrected chi connectivity index (χ3v) is 5.72. The molecule has 0 spiro atoms. The molecule has 158 valence electrons. The van der Waals surface area contributed by atoms with Gasteiger partial charge in [0.05, 0.1) is 42.0 Å². The fraction of sp³-hybridized carbons (Fsp3) is 0.261. The molecule has 0 bridgehead atoms. The van der Waals surface area contributed by atoms with Gasteiger partial charge in [0.15, 0.2) is 5.82 Å². The predicted octanol–water partition coefficient (Wildman–Crippen LogP) is 3.38. The van der Waals surface area contributed by atoms with E-state index in [1.54, 1.807) is 29.2 Å². The van der Waals surface area contributed by atoms with E-state index >= 15 is 0 Å². The summed E-state index contributed by atoms with van der Waals surface area (Å²) in [6, 6.07) is 10.6. The van der Waals surface area contributed by atoms with E-state index < -0.39 is 0 Å². The van der Waals surface area contributed by atoms with E-state index in [1.807, 2.05) is 18.3 Å². The molecule has 31 heavy (non-hydrogen) atoms. The zero-order chi connectivity index (χ0) is 21.4. The van der Waals surface area contributed by atoms with Crippen molar-refractivity contribution in [3.63, 3.8) is 0 Å². The minimum atomic E-state index is -0.382. The van der Waals surface area contributed by atoms with Crippen LogP contribution in [0.1, 0.15) is 0 Å². The zero-order valence-electron chi connectivity index (χ0n) is 17.5. The highest BCUT2D eigenvalue weighted by molar-refractivity contribution is 5.84. The molecule has 5 rings (SSSR count). The fourth-order valence-electron chi connectivity index (χ4n) is 3.92. The van der Waals surface area contributed by atoms with Crippen LogP contribution in [-0.4, -0.2) is 65.0 Å².